The fourth-order valence-electron chi connectivity index (χ4n) is 3.31. The van der Waals surface area contributed by atoms with E-state index in [1.807, 2.05) is 0 Å². The Labute approximate surface area is 168 Å². The Balaban J connectivity index is 1.74. The van der Waals surface area contributed by atoms with Crippen LogP contribution in [0.1, 0.15) is 29.0 Å². The Bertz CT molecular complexity index is 1210. The minimum Gasteiger partial charge on any atom is -0.339 e. The van der Waals surface area contributed by atoms with Crippen molar-refractivity contribution >= 4 is 17.9 Å². The number of carbonyl (C=O) groups is 1. The number of imidazole rings is 1. The summed E-state index contributed by atoms with van der Waals surface area (Å²) >= 11 is 0. The monoisotopic (exact) mass is 417 g/mol. The Morgan fingerprint density at radius 2 is 2.10 bits per heavy atom. The lowest BCUT2D eigenvalue weighted by Gasteiger charge is -2.20. The molecule has 1 unspecified atom stereocenters. The highest BCUT2D eigenvalue weighted by atomic mass is 19.4. The van der Waals surface area contributed by atoms with E-state index in [4.69, 9.17) is 10.8 Å². The quantitative estimate of drug-likeness (QED) is 0.438. The van der Waals surface area contributed by atoms with Crippen molar-refractivity contribution in [3.8, 4) is 11.3 Å². The fourth-order valence-corrected chi connectivity index (χ4v) is 3.31. The lowest BCUT2D eigenvalue weighted by molar-refractivity contribution is -0.158. The lowest BCUT2D eigenvalue weighted by atomic mass is 10.1. The van der Waals surface area contributed by atoms with Gasteiger partial charge in [0.2, 0.25) is 0 Å². The first-order chi connectivity index (χ1) is 14.2. The fraction of sp³-hybridized carbons (Fsp3) is 0.316. The molecule has 1 saturated carbocycles. The van der Waals surface area contributed by atoms with Crippen LogP contribution < -0.4 is 10.8 Å². The molecular weight excluding hydrogens is 399 g/mol. The summed E-state index contributed by atoms with van der Waals surface area (Å²) in [7, 11) is 0. The Hall–Kier alpha value is -3.50. The molecular formula is C19H18F3N7O. The van der Waals surface area contributed by atoms with Crippen molar-refractivity contribution in [1.29, 1.82) is 10.8 Å². The minimum absolute atomic E-state index is 0.106. The van der Waals surface area contributed by atoms with Gasteiger partial charge >= 0.3 is 6.18 Å². The third kappa shape index (κ3) is 3.58. The van der Waals surface area contributed by atoms with Crippen molar-refractivity contribution < 1.29 is 18.0 Å². The molecule has 0 aromatic carbocycles. The summed E-state index contributed by atoms with van der Waals surface area (Å²) in [6.07, 6.45) is 0.185. The molecule has 3 N–H and O–H groups in total. The van der Waals surface area contributed by atoms with Crippen molar-refractivity contribution in [1.82, 2.24) is 24.3 Å². The topological polar surface area (TPSA) is 112 Å². The van der Waals surface area contributed by atoms with Crippen LogP contribution >= 0.6 is 0 Å². The van der Waals surface area contributed by atoms with Gasteiger partial charge in [-0.25, -0.2) is 9.97 Å². The maximum Gasteiger partial charge on any atom is 0.408 e. The average Bonchev–Trinajstić information content (AvgIpc) is 3.43. The van der Waals surface area contributed by atoms with Gasteiger partial charge in [0.25, 0.3) is 5.91 Å². The third-order valence-corrected chi connectivity index (χ3v) is 5.05. The van der Waals surface area contributed by atoms with E-state index in [2.05, 4.69) is 15.3 Å². The van der Waals surface area contributed by atoms with Crippen LogP contribution in [-0.4, -0.2) is 43.4 Å². The minimum atomic E-state index is -4.53. The molecule has 0 aliphatic heterocycles. The number of halogens is 3. The molecule has 8 nitrogen and oxygen atoms in total. The van der Waals surface area contributed by atoms with E-state index in [0.717, 1.165) is 6.34 Å². The van der Waals surface area contributed by atoms with E-state index in [1.165, 1.54) is 27.6 Å². The summed E-state index contributed by atoms with van der Waals surface area (Å²) in [6, 6.07) is 2.97. The number of fused-ring (bicyclic) bond motifs is 1. The number of nitrogens with zero attached hydrogens (tertiary/aromatic N) is 4. The molecule has 3 aromatic heterocycles. The largest absolute Gasteiger partial charge is 0.408 e. The molecule has 1 atom stereocenters. The predicted molar refractivity (Wildman–Crippen MR) is 101 cm³/mol. The molecule has 1 amide bonds. The van der Waals surface area contributed by atoms with E-state index >= 15 is 0 Å². The van der Waals surface area contributed by atoms with Crippen LogP contribution in [0.3, 0.4) is 0 Å². The Kier molecular flexibility index (Phi) is 4.67. The van der Waals surface area contributed by atoms with E-state index in [9.17, 15) is 18.0 Å². The molecule has 0 radical (unpaired) electrons. The number of aryl methyl sites for hydroxylation is 1. The van der Waals surface area contributed by atoms with Gasteiger partial charge in [0, 0.05) is 17.5 Å². The van der Waals surface area contributed by atoms with Gasteiger partial charge in [-0.05, 0) is 43.9 Å². The average molecular weight is 417 g/mol. The second-order valence-corrected chi connectivity index (χ2v) is 7.24. The molecule has 1 aliphatic rings. The summed E-state index contributed by atoms with van der Waals surface area (Å²) in [5.41, 5.74) is 1.75. The number of rotatable bonds is 5. The normalized spacial score (nSPS) is 15.2. The first-order valence-electron chi connectivity index (χ1n) is 9.19. The summed E-state index contributed by atoms with van der Waals surface area (Å²) < 4.78 is 42.7. The first-order valence-corrected chi connectivity index (χ1v) is 9.19. The highest BCUT2D eigenvalue weighted by Crippen LogP contribution is 2.40. The van der Waals surface area contributed by atoms with Crippen LogP contribution in [0.4, 0.5) is 13.2 Å². The second kappa shape index (κ2) is 7.08. The third-order valence-electron chi connectivity index (χ3n) is 5.05. The molecule has 3 heterocycles. The molecule has 11 heteroatoms. The van der Waals surface area contributed by atoms with E-state index in [-0.39, 0.29) is 16.8 Å². The van der Waals surface area contributed by atoms with Crippen LogP contribution in [0.2, 0.25) is 0 Å². The molecule has 3 aromatic rings. The molecule has 0 bridgehead atoms. The number of nitrogens with one attached hydrogen (secondary N) is 3. The smallest absolute Gasteiger partial charge is 0.339 e. The van der Waals surface area contributed by atoms with E-state index in [1.54, 1.807) is 19.1 Å². The molecule has 1 fully saturated rings. The molecule has 30 heavy (non-hydrogen) atoms. The van der Waals surface area contributed by atoms with Gasteiger partial charge in [0.05, 0.1) is 12.0 Å². The van der Waals surface area contributed by atoms with Gasteiger partial charge in [0.1, 0.15) is 17.9 Å². The summed E-state index contributed by atoms with van der Waals surface area (Å²) in [4.78, 5) is 21.1. The Morgan fingerprint density at radius 1 is 1.37 bits per heavy atom. The van der Waals surface area contributed by atoms with Gasteiger partial charge < -0.3 is 5.32 Å². The number of pyridine rings is 1. The van der Waals surface area contributed by atoms with E-state index < -0.39 is 24.0 Å². The number of hydrogen-bond acceptors (Lipinski definition) is 5. The SMILES string of the molecule is Cc1cc(-c2ccc(=N)n(C=N)c2)nc2c(C(=O)NC(C3CC3)C(F)(F)F)ncn12. The summed E-state index contributed by atoms with van der Waals surface area (Å²) in [5, 5.41) is 17.2. The van der Waals surface area contributed by atoms with Crippen LogP contribution in [-0.2, 0) is 0 Å². The highest BCUT2D eigenvalue weighted by Gasteiger charge is 2.50. The van der Waals surface area contributed by atoms with Crippen LogP contribution in [0.15, 0.2) is 30.7 Å². The van der Waals surface area contributed by atoms with Crippen LogP contribution in [0, 0.1) is 23.7 Å². The van der Waals surface area contributed by atoms with Gasteiger partial charge in [0.15, 0.2) is 11.3 Å². The number of carbonyl (C=O) groups excluding carboxylic acids is 1. The highest BCUT2D eigenvalue weighted by molar-refractivity contribution is 5.98. The zero-order valence-electron chi connectivity index (χ0n) is 15.9. The standard InChI is InChI=1S/C19H18F3N7O/c1-10-6-13(12-4-5-14(24)28(7-12)8-23)26-17-15(25-9-29(10)17)18(30)27-16(11-2-3-11)19(20,21)22/h4-9,11,16,23-24H,2-3H2,1H3,(H,27,30). The van der Waals surface area contributed by atoms with Gasteiger partial charge in [-0.3, -0.25) is 24.6 Å². The summed E-state index contributed by atoms with van der Waals surface area (Å²) in [6.45, 7) is 1.76. The number of hydrogen-bond donors (Lipinski definition) is 3. The van der Waals surface area contributed by atoms with E-state index in [0.29, 0.717) is 29.8 Å². The second-order valence-electron chi connectivity index (χ2n) is 7.24. The molecule has 4 rings (SSSR count). The zero-order valence-corrected chi connectivity index (χ0v) is 15.9. The number of amides is 1. The van der Waals surface area contributed by atoms with Crippen molar-refractivity contribution in [2.75, 3.05) is 0 Å². The van der Waals surface area contributed by atoms with Gasteiger partial charge in [-0.15, -0.1) is 0 Å². The van der Waals surface area contributed by atoms with Crippen LogP contribution in [0.5, 0.6) is 0 Å². The first kappa shape index (κ1) is 19.8. The molecule has 156 valence electrons. The molecule has 0 spiro atoms. The van der Waals surface area contributed by atoms with Crippen molar-refractivity contribution in [3.05, 3.63) is 47.6 Å². The summed E-state index contributed by atoms with van der Waals surface area (Å²) in [5.74, 6) is -1.53. The van der Waals surface area contributed by atoms with Crippen molar-refractivity contribution in [2.45, 2.75) is 32.0 Å². The van der Waals surface area contributed by atoms with Gasteiger partial charge in [-0.1, -0.05) is 0 Å². The lowest BCUT2D eigenvalue weighted by Crippen LogP contribution is -2.47. The zero-order chi connectivity index (χ0) is 21.6. The molecule has 0 saturated heterocycles. The van der Waals surface area contributed by atoms with Crippen molar-refractivity contribution in [2.24, 2.45) is 5.92 Å². The van der Waals surface area contributed by atoms with Crippen molar-refractivity contribution in [3.63, 3.8) is 0 Å². The number of alkyl halides is 3. The Morgan fingerprint density at radius 3 is 2.73 bits per heavy atom. The van der Waals surface area contributed by atoms with Crippen LogP contribution in [0.25, 0.3) is 16.9 Å². The maximum absolute atomic E-state index is 13.3. The predicted octanol–water partition coefficient (Wildman–Crippen LogP) is 2.51. The maximum atomic E-state index is 13.3. The number of aromatic nitrogens is 4. The molecule has 1 aliphatic carbocycles. The van der Waals surface area contributed by atoms with Gasteiger partial charge in [-0.2, -0.15) is 13.2 Å².